The third-order valence-electron chi connectivity index (χ3n) is 3.79. The Hall–Kier alpha value is -1.02. The van der Waals surface area contributed by atoms with Gasteiger partial charge in [0.1, 0.15) is 5.75 Å². The van der Waals surface area contributed by atoms with Gasteiger partial charge in [0.25, 0.3) is 0 Å². The van der Waals surface area contributed by atoms with E-state index in [1.807, 2.05) is 30.3 Å². The summed E-state index contributed by atoms with van der Waals surface area (Å²) < 4.78 is 5.76. The van der Waals surface area contributed by atoms with E-state index >= 15 is 0 Å². The van der Waals surface area contributed by atoms with E-state index in [-0.39, 0.29) is 0 Å². The predicted molar refractivity (Wildman–Crippen MR) is 87.4 cm³/mol. The van der Waals surface area contributed by atoms with Crippen LogP contribution in [0.15, 0.2) is 30.3 Å². The molecular formula is C18H31NO. The summed E-state index contributed by atoms with van der Waals surface area (Å²) in [5, 5.41) is 3.41. The third kappa shape index (κ3) is 8.21. The quantitative estimate of drug-likeness (QED) is 0.554. The zero-order valence-corrected chi connectivity index (χ0v) is 13.2. The molecule has 0 radical (unpaired) electrons. The van der Waals surface area contributed by atoms with E-state index in [4.69, 9.17) is 4.74 Å². The summed E-state index contributed by atoms with van der Waals surface area (Å²) in [6.07, 6.45) is 10.6. The molecular weight excluding hydrogens is 246 g/mol. The van der Waals surface area contributed by atoms with Crippen molar-refractivity contribution < 1.29 is 4.74 Å². The van der Waals surface area contributed by atoms with Crippen LogP contribution in [0.4, 0.5) is 0 Å². The highest BCUT2D eigenvalue weighted by molar-refractivity contribution is 5.20. The Balaban J connectivity index is 2.04. The first-order valence-corrected chi connectivity index (χ1v) is 8.22. The van der Waals surface area contributed by atoms with E-state index in [0.29, 0.717) is 6.04 Å². The predicted octanol–water partition coefficient (Wildman–Crippen LogP) is 4.79. The van der Waals surface area contributed by atoms with Gasteiger partial charge in [-0.1, -0.05) is 63.6 Å². The average Bonchev–Trinajstić information content (AvgIpc) is 2.50. The first-order chi connectivity index (χ1) is 9.86. The van der Waals surface area contributed by atoms with Gasteiger partial charge < -0.3 is 10.1 Å². The molecule has 20 heavy (non-hydrogen) atoms. The molecule has 0 saturated carbocycles. The summed E-state index contributed by atoms with van der Waals surface area (Å²) in [6.45, 7) is 3.06. The fraction of sp³-hybridized carbons (Fsp3) is 0.667. The molecule has 1 unspecified atom stereocenters. The van der Waals surface area contributed by atoms with Crippen LogP contribution in [-0.2, 0) is 0 Å². The van der Waals surface area contributed by atoms with Crippen LogP contribution in [0.5, 0.6) is 5.75 Å². The van der Waals surface area contributed by atoms with E-state index in [9.17, 15) is 0 Å². The van der Waals surface area contributed by atoms with Gasteiger partial charge in [-0.25, -0.2) is 0 Å². The summed E-state index contributed by atoms with van der Waals surface area (Å²) in [5.41, 5.74) is 0. The summed E-state index contributed by atoms with van der Waals surface area (Å²) in [4.78, 5) is 0. The Bertz CT molecular complexity index is 312. The fourth-order valence-corrected chi connectivity index (χ4v) is 2.44. The van der Waals surface area contributed by atoms with Gasteiger partial charge in [-0.15, -0.1) is 0 Å². The second-order valence-electron chi connectivity index (χ2n) is 5.49. The van der Waals surface area contributed by atoms with E-state index in [1.54, 1.807) is 0 Å². The molecule has 0 aliphatic rings. The number of hydrogen-bond donors (Lipinski definition) is 1. The minimum atomic E-state index is 0.588. The molecule has 1 aromatic carbocycles. The highest BCUT2D eigenvalue weighted by atomic mass is 16.5. The smallest absolute Gasteiger partial charge is 0.119 e. The van der Waals surface area contributed by atoms with Gasteiger partial charge in [0.2, 0.25) is 0 Å². The normalized spacial score (nSPS) is 12.3. The second-order valence-corrected chi connectivity index (χ2v) is 5.49. The monoisotopic (exact) mass is 277 g/mol. The molecule has 1 rings (SSSR count). The highest BCUT2D eigenvalue weighted by Gasteiger charge is 2.06. The molecule has 0 fully saturated rings. The minimum Gasteiger partial charge on any atom is -0.494 e. The van der Waals surface area contributed by atoms with Gasteiger partial charge in [-0.05, 0) is 32.0 Å². The fourth-order valence-electron chi connectivity index (χ4n) is 2.44. The van der Waals surface area contributed by atoms with E-state index in [0.717, 1.165) is 18.8 Å². The van der Waals surface area contributed by atoms with Gasteiger partial charge in [0.15, 0.2) is 0 Å². The van der Waals surface area contributed by atoms with Crippen molar-refractivity contribution in [1.82, 2.24) is 5.32 Å². The number of hydrogen-bond acceptors (Lipinski definition) is 2. The molecule has 0 amide bonds. The molecule has 0 bridgehead atoms. The Kier molecular flexibility index (Phi) is 10.0. The number of rotatable bonds is 12. The SMILES string of the molecule is CCCCCCCCC(CCOc1ccccc1)NC. The van der Waals surface area contributed by atoms with Gasteiger partial charge in [-0.3, -0.25) is 0 Å². The summed E-state index contributed by atoms with van der Waals surface area (Å²) >= 11 is 0. The maximum Gasteiger partial charge on any atom is 0.119 e. The van der Waals surface area contributed by atoms with Crippen molar-refractivity contribution in [2.45, 2.75) is 64.3 Å². The lowest BCUT2D eigenvalue weighted by molar-refractivity contribution is 0.282. The van der Waals surface area contributed by atoms with Crippen LogP contribution >= 0.6 is 0 Å². The number of unbranched alkanes of at least 4 members (excludes halogenated alkanes) is 5. The van der Waals surface area contributed by atoms with E-state index < -0.39 is 0 Å². The first kappa shape index (κ1) is 17.0. The van der Waals surface area contributed by atoms with E-state index in [1.165, 1.54) is 44.9 Å². The zero-order chi connectivity index (χ0) is 14.5. The van der Waals surface area contributed by atoms with Gasteiger partial charge in [-0.2, -0.15) is 0 Å². The van der Waals surface area contributed by atoms with Gasteiger partial charge in [0, 0.05) is 6.04 Å². The van der Waals surface area contributed by atoms with Crippen molar-refractivity contribution in [3.63, 3.8) is 0 Å². The van der Waals surface area contributed by atoms with Crippen LogP contribution in [0.2, 0.25) is 0 Å². The van der Waals surface area contributed by atoms with Crippen molar-refractivity contribution in [3.05, 3.63) is 30.3 Å². The molecule has 0 spiro atoms. The molecule has 114 valence electrons. The molecule has 1 atom stereocenters. The Morgan fingerprint density at radius 3 is 2.35 bits per heavy atom. The van der Waals surface area contributed by atoms with Crippen LogP contribution in [0.3, 0.4) is 0 Å². The number of benzene rings is 1. The maximum absolute atomic E-state index is 5.76. The van der Waals surface area contributed by atoms with E-state index in [2.05, 4.69) is 19.3 Å². The molecule has 0 heterocycles. The summed E-state index contributed by atoms with van der Waals surface area (Å²) in [5.74, 6) is 0.974. The van der Waals surface area contributed by atoms with Crippen LogP contribution in [0, 0.1) is 0 Å². The standard InChI is InChI=1S/C18H31NO/c1-3-4-5-6-7-9-12-17(19-2)15-16-20-18-13-10-8-11-14-18/h8,10-11,13-14,17,19H,3-7,9,12,15-16H2,1-2H3. The topological polar surface area (TPSA) is 21.3 Å². The van der Waals surface area contributed by atoms with Crippen LogP contribution in [0.25, 0.3) is 0 Å². The molecule has 0 aliphatic carbocycles. The van der Waals surface area contributed by atoms with Gasteiger partial charge in [0.05, 0.1) is 6.61 Å². The minimum absolute atomic E-state index is 0.588. The average molecular weight is 277 g/mol. The van der Waals surface area contributed by atoms with Crippen molar-refractivity contribution >= 4 is 0 Å². The lowest BCUT2D eigenvalue weighted by atomic mass is 10.0. The molecule has 0 aromatic heterocycles. The summed E-state index contributed by atoms with van der Waals surface area (Å²) in [7, 11) is 2.06. The molecule has 0 saturated heterocycles. The highest BCUT2D eigenvalue weighted by Crippen LogP contribution is 2.12. The van der Waals surface area contributed by atoms with Crippen LogP contribution < -0.4 is 10.1 Å². The van der Waals surface area contributed by atoms with Crippen molar-refractivity contribution in [2.24, 2.45) is 0 Å². The van der Waals surface area contributed by atoms with Crippen molar-refractivity contribution in [2.75, 3.05) is 13.7 Å². The lowest BCUT2D eigenvalue weighted by Gasteiger charge is -2.16. The third-order valence-corrected chi connectivity index (χ3v) is 3.79. The summed E-state index contributed by atoms with van der Waals surface area (Å²) in [6, 6.07) is 10.7. The lowest BCUT2D eigenvalue weighted by Crippen LogP contribution is -2.27. The van der Waals surface area contributed by atoms with Crippen LogP contribution in [0.1, 0.15) is 58.3 Å². The molecule has 2 nitrogen and oxygen atoms in total. The number of ether oxygens (including phenoxy) is 1. The zero-order valence-electron chi connectivity index (χ0n) is 13.2. The van der Waals surface area contributed by atoms with Crippen molar-refractivity contribution in [1.29, 1.82) is 0 Å². The maximum atomic E-state index is 5.76. The Morgan fingerprint density at radius 1 is 0.950 bits per heavy atom. The number of nitrogens with one attached hydrogen (secondary N) is 1. The molecule has 2 heteroatoms. The Labute approximate surface area is 124 Å². The first-order valence-electron chi connectivity index (χ1n) is 8.22. The second kappa shape index (κ2) is 11.8. The van der Waals surface area contributed by atoms with Crippen molar-refractivity contribution in [3.8, 4) is 5.75 Å². The van der Waals surface area contributed by atoms with Gasteiger partial charge >= 0.3 is 0 Å². The Morgan fingerprint density at radius 2 is 1.65 bits per heavy atom. The van der Waals surface area contributed by atoms with Crippen LogP contribution in [-0.4, -0.2) is 19.7 Å². The molecule has 0 aliphatic heterocycles. The number of para-hydroxylation sites is 1. The molecule has 1 N–H and O–H groups in total. The molecule has 1 aromatic rings. The largest absolute Gasteiger partial charge is 0.494 e.